The third-order valence-electron chi connectivity index (χ3n) is 4.39. The van der Waals surface area contributed by atoms with Crippen LogP contribution < -0.4 is 10.2 Å². The predicted octanol–water partition coefficient (Wildman–Crippen LogP) is 4.68. The second-order valence-corrected chi connectivity index (χ2v) is 6.52. The van der Waals surface area contributed by atoms with E-state index in [0.29, 0.717) is 24.5 Å². The van der Waals surface area contributed by atoms with Crippen LogP contribution in [0.5, 0.6) is 5.75 Å². The maximum atomic E-state index is 12.3. The summed E-state index contributed by atoms with van der Waals surface area (Å²) in [5.41, 5.74) is 5.65. The molecule has 3 aromatic carbocycles. The Bertz CT molecular complexity index is 1110. The summed E-state index contributed by atoms with van der Waals surface area (Å²) < 4.78 is 5.82. The Morgan fingerprint density at radius 2 is 1.66 bits per heavy atom. The van der Waals surface area contributed by atoms with Gasteiger partial charge in [0, 0.05) is 10.9 Å². The average Bonchev–Trinajstić information content (AvgIpc) is 2.78. The molecule has 0 bridgehead atoms. The van der Waals surface area contributed by atoms with Gasteiger partial charge in [0.1, 0.15) is 12.4 Å². The Kier molecular flexibility index (Phi) is 5.78. The summed E-state index contributed by atoms with van der Waals surface area (Å²) in [6.07, 6.45) is 0. The lowest BCUT2D eigenvalue weighted by Gasteiger charge is -2.09. The number of nitrogens with zero attached hydrogens (tertiary/aromatic N) is 1. The van der Waals surface area contributed by atoms with Gasteiger partial charge in [0.2, 0.25) is 0 Å². The number of hydrogen-bond acceptors (Lipinski definition) is 4. The zero-order valence-corrected chi connectivity index (χ0v) is 15.7. The molecule has 5 heteroatoms. The number of pyridine rings is 1. The molecule has 0 aliphatic heterocycles. The number of hydrogen-bond donors (Lipinski definition) is 1. The highest BCUT2D eigenvalue weighted by Gasteiger charge is 2.08. The molecule has 0 aliphatic rings. The molecule has 1 aromatic heterocycles. The minimum atomic E-state index is -0.324. The lowest BCUT2D eigenvalue weighted by Crippen LogP contribution is -2.23. The van der Waals surface area contributed by atoms with Crippen LogP contribution in [0.3, 0.4) is 0 Å². The molecular formula is C24H20N2O3. The molecule has 4 rings (SSSR count). The zero-order chi connectivity index (χ0) is 19.9. The number of ether oxygens (including phenoxy) is 1. The number of benzene rings is 3. The fourth-order valence-electron chi connectivity index (χ4n) is 2.89. The molecule has 4 aromatic rings. The SMILES string of the molecule is O=C(NOCc1ccccc1)c1cccc(OCc2ccc3ccccc3n2)c1. The predicted molar refractivity (Wildman–Crippen MR) is 111 cm³/mol. The molecule has 0 spiro atoms. The maximum absolute atomic E-state index is 12.3. The summed E-state index contributed by atoms with van der Waals surface area (Å²) in [4.78, 5) is 22.2. The Labute approximate surface area is 168 Å². The minimum absolute atomic E-state index is 0.302. The van der Waals surface area contributed by atoms with E-state index in [1.807, 2.05) is 72.8 Å². The zero-order valence-electron chi connectivity index (χ0n) is 15.7. The number of fused-ring (bicyclic) bond motifs is 1. The Morgan fingerprint density at radius 1 is 0.828 bits per heavy atom. The second kappa shape index (κ2) is 8.99. The number of amides is 1. The normalized spacial score (nSPS) is 10.6. The van der Waals surface area contributed by atoms with Gasteiger partial charge in [-0.15, -0.1) is 0 Å². The monoisotopic (exact) mass is 384 g/mol. The van der Waals surface area contributed by atoms with E-state index in [1.165, 1.54) is 0 Å². The van der Waals surface area contributed by atoms with Crippen molar-refractivity contribution in [2.24, 2.45) is 0 Å². The van der Waals surface area contributed by atoms with E-state index in [0.717, 1.165) is 22.2 Å². The summed E-state index contributed by atoms with van der Waals surface area (Å²) in [6, 6.07) is 28.5. The summed E-state index contributed by atoms with van der Waals surface area (Å²) in [7, 11) is 0. The van der Waals surface area contributed by atoms with Crippen LogP contribution in [0, 0.1) is 0 Å². The van der Waals surface area contributed by atoms with Crippen LogP contribution in [0.15, 0.2) is 91.0 Å². The van der Waals surface area contributed by atoms with Gasteiger partial charge in [-0.2, -0.15) is 0 Å². The Morgan fingerprint density at radius 3 is 2.55 bits per heavy atom. The van der Waals surface area contributed by atoms with Gasteiger partial charge in [0.05, 0.1) is 17.8 Å². The topological polar surface area (TPSA) is 60.5 Å². The van der Waals surface area contributed by atoms with E-state index in [-0.39, 0.29) is 5.91 Å². The summed E-state index contributed by atoms with van der Waals surface area (Å²) in [5, 5.41) is 1.09. The van der Waals surface area contributed by atoms with Gasteiger partial charge in [0.15, 0.2) is 0 Å². The largest absolute Gasteiger partial charge is 0.487 e. The minimum Gasteiger partial charge on any atom is -0.487 e. The molecule has 144 valence electrons. The van der Waals surface area contributed by atoms with Crippen molar-refractivity contribution in [3.8, 4) is 5.75 Å². The molecule has 0 fully saturated rings. The summed E-state index contributed by atoms with van der Waals surface area (Å²) in [6.45, 7) is 0.622. The molecule has 1 amide bonds. The fraction of sp³-hybridized carbons (Fsp3) is 0.0833. The molecule has 0 unspecified atom stereocenters. The standard InChI is InChI=1S/C24H20N2O3/c27-24(26-29-16-18-7-2-1-3-8-18)20-10-6-11-22(15-20)28-17-21-14-13-19-9-4-5-12-23(19)25-21/h1-15H,16-17H2,(H,26,27). The first-order valence-electron chi connectivity index (χ1n) is 9.31. The molecule has 0 saturated heterocycles. The number of carbonyl (C=O) groups excluding carboxylic acids is 1. The number of hydroxylamine groups is 1. The third-order valence-corrected chi connectivity index (χ3v) is 4.39. The van der Waals surface area contributed by atoms with Crippen LogP contribution in [-0.2, 0) is 18.1 Å². The van der Waals surface area contributed by atoms with Crippen LogP contribution in [0.4, 0.5) is 0 Å². The lowest BCUT2D eigenvalue weighted by atomic mass is 10.2. The third kappa shape index (κ3) is 4.97. The second-order valence-electron chi connectivity index (χ2n) is 6.52. The molecule has 0 radical (unpaired) electrons. The van der Waals surface area contributed by atoms with Crippen LogP contribution in [0.2, 0.25) is 0 Å². The van der Waals surface area contributed by atoms with E-state index in [4.69, 9.17) is 9.57 Å². The first-order chi connectivity index (χ1) is 14.3. The molecule has 5 nitrogen and oxygen atoms in total. The van der Waals surface area contributed by atoms with E-state index in [9.17, 15) is 4.79 Å². The first kappa shape index (κ1) is 18.7. The van der Waals surface area contributed by atoms with E-state index < -0.39 is 0 Å². The summed E-state index contributed by atoms with van der Waals surface area (Å²) in [5.74, 6) is 0.269. The molecule has 0 saturated carbocycles. The number of carbonyl (C=O) groups is 1. The van der Waals surface area contributed by atoms with Crippen molar-refractivity contribution < 1.29 is 14.4 Å². The summed E-state index contributed by atoms with van der Waals surface area (Å²) >= 11 is 0. The Balaban J connectivity index is 1.34. The van der Waals surface area contributed by atoms with Crippen molar-refractivity contribution in [2.75, 3.05) is 0 Å². The average molecular weight is 384 g/mol. The Hall–Kier alpha value is -3.70. The number of nitrogens with one attached hydrogen (secondary N) is 1. The van der Waals surface area contributed by atoms with Gasteiger partial charge in [-0.25, -0.2) is 10.5 Å². The highest BCUT2D eigenvalue weighted by atomic mass is 16.6. The van der Waals surface area contributed by atoms with Crippen molar-refractivity contribution in [3.05, 3.63) is 108 Å². The first-order valence-corrected chi connectivity index (χ1v) is 9.31. The van der Waals surface area contributed by atoms with Crippen molar-refractivity contribution in [2.45, 2.75) is 13.2 Å². The van der Waals surface area contributed by atoms with Gasteiger partial charge in [-0.1, -0.05) is 60.7 Å². The van der Waals surface area contributed by atoms with Gasteiger partial charge in [-0.05, 0) is 35.9 Å². The van der Waals surface area contributed by atoms with Crippen LogP contribution in [0.1, 0.15) is 21.6 Å². The van der Waals surface area contributed by atoms with Crippen LogP contribution in [0.25, 0.3) is 10.9 Å². The van der Waals surface area contributed by atoms with Gasteiger partial charge in [-0.3, -0.25) is 9.63 Å². The highest BCUT2D eigenvalue weighted by molar-refractivity contribution is 5.93. The van der Waals surface area contributed by atoms with E-state index in [1.54, 1.807) is 18.2 Å². The molecule has 0 atom stereocenters. The van der Waals surface area contributed by atoms with E-state index >= 15 is 0 Å². The smallest absolute Gasteiger partial charge is 0.274 e. The lowest BCUT2D eigenvalue weighted by molar-refractivity contribution is 0.0233. The van der Waals surface area contributed by atoms with E-state index in [2.05, 4.69) is 10.5 Å². The van der Waals surface area contributed by atoms with Crippen LogP contribution >= 0.6 is 0 Å². The van der Waals surface area contributed by atoms with Crippen LogP contribution in [-0.4, -0.2) is 10.9 Å². The van der Waals surface area contributed by atoms with Crippen molar-refractivity contribution in [3.63, 3.8) is 0 Å². The van der Waals surface area contributed by atoms with Crippen molar-refractivity contribution in [1.29, 1.82) is 0 Å². The molecule has 0 aliphatic carbocycles. The quantitative estimate of drug-likeness (QED) is 0.470. The number of para-hydroxylation sites is 1. The number of aromatic nitrogens is 1. The molecule has 1 N–H and O–H groups in total. The van der Waals surface area contributed by atoms with Gasteiger partial charge >= 0.3 is 0 Å². The fourth-order valence-corrected chi connectivity index (χ4v) is 2.89. The number of rotatable bonds is 7. The maximum Gasteiger partial charge on any atom is 0.274 e. The highest BCUT2D eigenvalue weighted by Crippen LogP contribution is 2.17. The molecule has 1 heterocycles. The molecule has 29 heavy (non-hydrogen) atoms. The van der Waals surface area contributed by atoms with Crippen molar-refractivity contribution in [1.82, 2.24) is 10.5 Å². The molecular weight excluding hydrogens is 364 g/mol. The van der Waals surface area contributed by atoms with Gasteiger partial charge in [0.25, 0.3) is 5.91 Å². The van der Waals surface area contributed by atoms with Gasteiger partial charge < -0.3 is 4.74 Å². The van der Waals surface area contributed by atoms with Crippen molar-refractivity contribution >= 4 is 16.8 Å².